The van der Waals surface area contributed by atoms with Crippen molar-refractivity contribution in [2.45, 2.75) is 56.5 Å². The van der Waals surface area contributed by atoms with Crippen LogP contribution in [0.3, 0.4) is 0 Å². The Balaban J connectivity index is 1.19. The molecule has 2 amide bonds. The Hall–Kier alpha value is -4.81. The fourth-order valence-corrected chi connectivity index (χ4v) is 6.09. The average molecular weight is 588 g/mol. The predicted molar refractivity (Wildman–Crippen MR) is 168 cm³/mol. The molecule has 1 aliphatic carbocycles. The van der Waals surface area contributed by atoms with Gasteiger partial charge in [-0.25, -0.2) is 4.68 Å². The van der Waals surface area contributed by atoms with E-state index in [9.17, 15) is 9.59 Å². The van der Waals surface area contributed by atoms with Gasteiger partial charge >= 0.3 is 0 Å². The van der Waals surface area contributed by atoms with E-state index in [0.29, 0.717) is 11.3 Å². The summed E-state index contributed by atoms with van der Waals surface area (Å²) in [5, 5.41) is 24.1. The van der Waals surface area contributed by atoms with Crippen LogP contribution in [-0.2, 0) is 21.4 Å². The number of nitrogens with zero attached hydrogens (tertiary/aromatic N) is 5. The second-order valence-corrected chi connectivity index (χ2v) is 12.1. The average Bonchev–Trinajstić information content (AvgIpc) is 3.73. The van der Waals surface area contributed by atoms with Gasteiger partial charge in [0.15, 0.2) is 0 Å². The lowest BCUT2D eigenvalue weighted by molar-refractivity contribution is -0.130. The maximum atomic E-state index is 13.8. The zero-order chi connectivity index (χ0) is 30.7. The number of carbonyl (C=O) groups excluding carboxylic acids is 2. The first-order chi connectivity index (χ1) is 21.3. The Morgan fingerprint density at radius 3 is 2.30 bits per heavy atom. The van der Waals surface area contributed by atoms with Crippen molar-refractivity contribution in [3.05, 3.63) is 101 Å². The molecular formula is C35H37N7O2. The summed E-state index contributed by atoms with van der Waals surface area (Å²) in [4.78, 5) is 29.7. The second-order valence-electron chi connectivity index (χ2n) is 12.1. The Bertz CT molecular complexity index is 1680. The third-order valence-corrected chi connectivity index (χ3v) is 8.97. The molecule has 1 atom stereocenters. The van der Waals surface area contributed by atoms with Crippen molar-refractivity contribution in [2.24, 2.45) is 0 Å². The molecule has 44 heavy (non-hydrogen) atoms. The Kier molecular flexibility index (Phi) is 8.27. The van der Waals surface area contributed by atoms with E-state index in [1.165, 1.54) is 0 Å². The van der Waals surface area contributed by atoms with Crippen molar-refractivity contribution < 1.29 is 9.59 Å². The number of carbonyl (C=O) groups is 2. The molecule has 2 fully saturated rings. The molecule has 0 radical (unpaired) electrons. The van der Waals surface area contributed by atoms with Gasteiger partial charge in [-0.1, -0.05) is 53.7 Å². The van der Waals surface area contributed by atoms with Gasteiger partial charge in [-0.3, -0.25) is 9.59 Å². The van der Waals surface area contributed by atoms with Gasteiger partial charge in [-0.15, -0.1) is 5.10 Å². The van der Waals surface area contributed by atoms with Crippen LogP contribution in [0.5, 0.6) is 0 Å². The molecule has 6 rings (SSSR count). The fraction of sp³-hybridized carbons (Fsp3) is 0.343. The quantitative estimate of drug-likeness (QED) is 0.305. The van der Waals surface area contributed by atoms with Crippen LogP contribution in [0.4, 0.5) is 0 Å². The number of hydrogen-bond acceptors (Lipinski definition) is 6. The first-order valence-electron chi connectivity index (χ1n) is 15.2. The van der Waals surface area contributed by atoms with Crippen LogP contribution >= 0.6 is 0 Å². The summed E-state index contributed by atoms with van der Waals surface area (Å²) in [6.07, 6.45) is 5.34. The van der Waals surface area contributed by atoms with Crippen molar-refractivity contribution in [1.82, 2.24) is 30.5 Å². The van der Waals surface area contributed by atoms with Crippen LogP contribution in [0.25, 0.3) is 16.8 Å². The van der Waals surface area contributed by atoms with Crippen molar-refractivity contribution in [2.75, 3.05) is 20.1 Å². The van der Waals surface area contributed by atoms with E-state index in [2.05, 4.69) is 39.0 Å². The van der Waals surface area contributed by atoms with E-state index in [1.54, 1.807) is 16.8 Å². The highest BCUT2D eigenvalue weighted by atomic mass is 16.2. The number of aryl methyl sites for hydroxylation is 1. The highest BCUT2D eigenvalue weighted by Crippen LogP contribution is 2.49. The smallest absolute Gasteiger partial charge is 0.243 e. The fourth-order valence-electron chi connectivity index (χ4n) is 6.09. The zero-order valence-corrected chi connectivity index (χ0v) is 25.2. The first-order valence-corrected chi connectivity index (χ1v) is 15.2. The third kappa shape index (κ3) is 6.26. The van der Waals surface area contributed by atoms with Gasteiger partial charge < -0.3 is 15.5 Å². The normalized spacial score (nSPS) is 16.9. The minimum atomic E-state index is -0.771. The van der Waals surface area contributed by atoms with E-state index in [0.717, 1.165) is 66.7 Å². The van der Waals surface area contributed by atoms with E-state index >= 15 is 0 Å². The molecule has 3 aromatic carbocycles. The number of aromatic nitrogens is 3. The Morgan fingerprint density at radius 2 is 1.66 bits per heavy atom. The predicted octanol–water partition coefficient (Wildman–Crippen LogP) is 4.08. The molecular weight excluding hydrogens is 550 g/mol. The van der Waals surface area contributed by atoms with Gasteiger partial charge in [0.25, 0.3) is 0 Å². The number of amides is 2. The molecule has 2 aliphatic rings. The van der Waals surface area contributed by atoms with Crippen LogP contribution in [0.1, 0.15) is 48.1 Å². The second kappa shape index (κ2) is 12.4. The van der Waals surface area contributed by atoms with E-state index in [4.69, 9.17) is 5.26 Å². The summed E-state index contributed by atoms with van der Waals surface area (Å²) < 4.78 is 1.68. The lowest BCUT2D eigenvalue weighted by atomic mass is 9.90. The Labute approximate surface area is 257 Å². The van der Waals surface area contributed by atoms with E-state index in [-0.39, 0.29) is 24.3 Å². The molecule has 1 unspecified atom stereocenters. The van der Waals surface area contributed by atoms with Gasteiger partial charge in [0.1, 0.15) is 6.04 Å². The van der Waals surface area contributed by atoms with Crippen molar-refractivity contribution in [1.29, 1.82) is 5.26 Å². The molecule has 1 saturated heterocycles. The molecule has 4 aromatic rings. The maximum absolute atomic E-state index is 13.8. The number of nitrogens with one attached hydrogen (secondary N) is 2. The van der Waals surface area contributed by atoms with Gasteiger partial charge in [0.2, 0.25) is 11.8 Å². The third-order valence-electron chi connectivity index (χ3n) is 8.97. The lowest BCUT2D eigenvalue weighted by Crippen LogP contribution is -2.54. The van der Waals surface area contributed by atoms with Crippen LogP contribution in [-0.4, -0.2) is 63.9 Å². The largest absolute Gasteiger partial charge is 0.351 e. The molecule has 224 valence electrons. The monoisotopic (exact) mass is 587 g/mol. The first kappa shape index (κ1) is 29.3. The van der Waals surface area contributed by atoms with Crippen molar-refractivity contribution in [3.63, 3.8) is 0 Å². The lowest BCUT2D eigenvalue weighted by Gasteiger charge is -2.31. The molecule has 1 saturated carbocycles. The minimum Gasteiger partial charge on any atom is -0.351 e. The molecule has 1 aliphatic heterocycles. The topological polar surface area (TPSA) is 116 Å². The minimum absolute atomic E-state index is 0.0784. The van der Waals surface area contributed by atoms with E-state index in [1.807, 2.05) is 73.8 Å². The molecule has 0 bridgehead atoms. The number of benzene rings is 3. The van der Waals surface area contributed by atoms with Crippen molar-refractivity contribution >= 4 is 11.8 Å². The number of piperidine rings is 1. The summed E-state index contributed by atoms with van der Waals surface area (Å²) in [6, 6.07) is 24.8. The standard InChI is InChI=1S/C35H37N7O2/c1-24-5-3-4-6-31(24)35(17-18-35)34(44)38-32(33(43)37-28-15-19-41(2)20-16-28)21-29-23-42(40-39-29)30-13-11-27(12-14-30)26-9-7-25(22-36)8-10-26/h3-14,23,28,32H,15-21H2,1-2H3,(H,37,43)(H,38,44). The van der Waals surface area contributed by atoms with E-state index < -0.39 is 11.5 Å². The zero-order valence-electron chi connectivity index (χ0n) is 25.2. The number of likely N-dealkylation sites (tertiary alicyclic amines) is 1. The number of hydrogen-bond donors (Lipinski definition) is 2. The number of rotatable bonds is 9. The summed E-state index contributed by atoms with van der Waals surface area (Å²) in [7, 11) is 2.09. The van der Waals surface area contributed by atoms with Crippen LogP contribution in [0.2, 0.25) is 0 Å². The highest BCUT2D eigenvalue weighted by Gasteiger charge is 2.52. The molecule has 1 aromatic heterocycles. The summed E-state index contributed by atoms with van der Waals surface area (Å²) >= 11 is 0. The molecule has 0 spiro atoms. The van der Waals surface area contributed by atoms with Gasteiger partial charge in [-0.05, 0) is 99.3 Å². The SMILES string of the molecule is Cc1ccccc1C1(C(=O)NC(Cc2cn(-c3ccc(-c4ccc(C#N)cc4)cc3)nn2)C(=O)NC2CCN(C)CC2)CC1. The van der Waals surface area contributed by atoms with Crippen LogP contribution in [0, 0.1) is 18.3 Å². The van der Waals surface area contributed by atoms with Gasteiger partial charge in [0.05, 0.1) is 34.6 Å². The van der Waals surface area contributed by atoms with Crippen LogP contribution < -0.4 is 10.6 Å². The Morgan fingerprint density at radius 1 is 1.00 bits per heavy atom. The maximum Gasteiger partial charge on any atom is 0.243 e. The van der Waals surface area contributed by atoms with Crippen molar-refractivity contribution in [3.8, 4) is 22.9 Å². The molecule has 2 N–H and O–H groups in total. The number of nitriles is 1. The summed E-state index contributed by atoms with van der Waals surface area (Å²) in [5.74, 6) is -0.295. The molecule has 9 nitrogen and oxygen atoms in total. The van der Waals surface area contributed by atoms with Crippen LogP contribution in [0.15, 0.2) is 79.0 Å². The highest BCUT2D eigenvalue weighted by molar-refractivity contribution is 5.95. The summed E-state index contributed by atoms with van der Waals surface area (Å²) in [6.45, 7) is 3.88. The van der Waals surface area contributed by atoms with Gasteiger partial charge in [0, 0.05) is 12.5 Å². The molecule has 9 heteroatoms. The summed E-state index contributed by atoms with van der Waals surface area (Å²) in [5.41, 5.74) is 5.63. The molecule has 2 heterocycles. The van der Waals surface area contributed by atoms with Gasteiger partial charge in [-0.2, -0.15) is 5.26 Å².